The largest absolute Gasteiger partial charge is 0.359 e. The first-order valence-corrected chi connectivity index (χ1v) is 4.35. The second kappa shape index (κ2) is 2.23. The summed E-state index contributed by atoms with van der Waals surface area (Å²) in [5, 5.41) is 1.17. The topological polar surface area (TPSA) is 16.8 Å². The lowest BCUT2D eigenvalue weighted by atomic mass is 10.4. The van der Waals surface area contributed by atoms with E-state index in [4.69, 9.17) is 0 Å². The van der Waals surface area contributed by atoms with Gasteiger partial charge in [-0.15, -0.1) is 0 Å². The smallest absolute Gasteiger partial charge is 0.222 e. The maximum absolute atomic E-state index is 4.25. The molecule has 0 N–H and O–H groups in total. The molecule has 1 aromatic heterocycles. The molecule has 0 saturated carbocycles. The zero-order valence-electron chi connectivity index (χ0n) is 5.87. The molecule has 2 nitrogen and oxygen atoms in total. The monoisotopic (exact) mass is 153 g/mol. The summed E-state index contributed by atoms with van der Waals surface area (Å²) in [6.07, 6.45) is 1.87. The highest BCUT2D eigenvalue weighted by Crippen LogP contribution is 2.15. The van der Waals surface area contributed by atoms with Crippen LogP contribution in [-0.4, -0.2) is 10.7 Å². The molecule has 10 heavy (non-hydrogen) atoms. The van der Waals surface area contributed by atoms with Crippen molar-refractivity contribution in [2.75, 3.05) is 5.75 Å². The highest BCUT2D eigenvalue weighted by molar-refractivity contribution is 7.99. The molecule has 52 valence electrons. The quantitative estimate of drug-likeness (QED) is 0.405. The third-order valence-electron chi connectivity index (χ3n) is 1.70. The van der Waals surface area contributed by atoms with Crippen LogP contribution in [0.3, 0.4) is 0 Å². The molecule has 0 radical (unpaired) electrons. The fraction of sp³-hybridized carbons (Fsp3) is 0.429. The van der Waals surface area contributed by atoms with Crippen molar-refractivity contribution in [2.24, 2.45) is 0 Å². The standard InChI is InChI=1S/C7H9N2S/c1-6-2-3-8-7-9(6)4-5-10-7/h2-3H,4-5H2,1H3/q+1. The van der Waals surface area contributed by atoms with E-state index in [0.717, 1.165) is 6.54 Å². The first kappa shape index (κ1) is 6.16. The minimum absolute atomic E-state index is 1.12. The Morgan fingerprint density at radius 3 is 3.40 bits per heavy atom. The zero-order valence-corrected chi connectivity index (χ0v) is 6.69. The van der Waals surface area contributed by atoms with E-state index in [-0.39, 0.29) is 0 Å². The van der Waals surface area contributed by atoms with E-state index >= 15 is 0 Å². The van der Waals surface area contributed by atoms with Crippen molar-refractivity contribution >= 4 is 11.8 Å². The molecule has 0 unspecified atom stereocenters. The Balaban J connectivity index is 2.59. The Kier molecular flexibility index (Phi) is 1.38. The molecule has 0 amide bonds. The lowest BCUT2D eigenvalue weighted by Crippen LogP contribution is -2.36. The van der Waals surface area contributed by atoms with Gasteiger partial charge in [0.2, 0.25) is 0 Å². The van der Waals surface area contributed by atoms with Gasteiger partial charge in [0.05, 0.1) is 0 Å². The summed E-state index contributed by atoms with van der Waals surface area (Å²) < 4.78 is 2.25. The van der Waals surface area contributed by atoms with E-state index in [0.29, 0.717) is 0 Å². The predicted octanol–water partition coefficient (Wildman–Crippen LogP) is 0.783. The number of nitrogens with zero attached hydrogens (tertiary/aromatic N) is 2. The molecule has 2 rings (SSSR count). The minimum Gasteiger partial charge on any atom is -0.222 e. The summed E-state index contributed by atoms with van der Waals surface area (Å²) in [7, 11) is 0. The van der Waals surface area contributed by atoms with Crippen LogP contribution in [0, 0.1) is 6.92 Å². The SMILES string of the molecule is Cc1ccnc2[n+]1CCS2. The van der Waals surface area contributed by atoms with Gasteiger partial charge in [-0.1, -0.05) is 0 Å². The molecule has 1 aliphatic rings. The van der Waals surface area contributed by atoms with Crippen molar-refractivity contribution in [3.05, 3.63) is 18.0 Å². The third-order valence-corrected chi connectivity index (χ3v) is 2.67. The van der Waals surface area contributed by atoms with Gasteiger partial charge in [-0.25, -0.2) is 4.57 Å². The van der Waals surface area contributed by atoms with Gasteiger partial charge in [-0.3, -0.25) is 0 Å². The summed E-state index contributed by atoms with van der Waals surface area (Å²) in [5.74, 6) is 1.18. The molecule has 3 heteroatoms. The van der Waals surface area contributed by atoms with Crippen molar-refractivity contribution in [1.29, 1.82) is 0 Å². The van der Waals surface area contributed by atoms with Crippen LogP contribution in [0.4, 0.5) is 0 Å². The van der Waals surface area contributed by atoms with E-state index in [9.17, 15) is 0 Å². The minimum atomic E-state index is 1.12. The Morgan fingerprint density at radius 2 is 2.60 bits per heavy atom. The fourth-order valence-electron chi connectivity index (χ4n) is 1.13. The first-order chi connectivity index (χ1) is 4.88. The lowest BCUT2D eigenvalue weighted by Gasteiger charge is -1.93. The van der Waals surface area contributed by atoms with Gasteiger partial charge in [0.25, 0.3) is 0 Å². The van der Waals surface area contributed by atoms with E-state index < -0.39 is 0 Å². The number of rotatable bonds is 0. The second-order valence-electron chi connectivity index (χ2n) is 2.37. The Labute approximate surface area is 64.3 Å². The maximum atomic E-state index is 4.25. The molecule has 0 saturated heterocycles. The van der Waals surface area contributed by atoms with Crippen LogP contribution in [-0.2, 0) is 6.54 Å². The van der Waals surface area contributed by atoms with Gasteiger partial charge in [0, 0.05) is 11.8 Å². The second-order valence-corrected chi connectivity index (χ2v) is 3.43. The predicted molar refractivity (Wildman–Crippen MR) is 39.9 cm³/mol. The van der Waals surface area contributed by atoms with Crippen molar-refractivity contribution < 1.29 is 4.57 Å². The normalized spacial score (nSPS) is 15.3. The average molecular weight is 153 g/mol. The molecule has 2 heterocycles. The van der Waals surface area contributed by atoms with Crippen molar-refractivity contribution in [2.45, 2.75) is 18.6 Å². The van der Waals surface area contributed by atoms with Gasteiger partial charge < -0.3 is 0 Å². The van der Waals surface area contributed by atoms with Crippen LogP contribution in [0.1, 0.15) is 5.69 Å². The van der Waals surface area contributed by atoms with E-state index in [2.05, 4.69) is 22.5 Å². The van der Waals surface area contributed by atoms with E-state index in [1.807, 2.05) is 18.0 Å². The average Bonchev–Trinajstić information content (AvgIpc) is 2.36. The number of thioether (sulfide) groups is 1. The van der Waals surface area contributed by atoms with Gasteiger partial charge in [0.15, 0.2) is 0 Å². The highest BCUT2D eigenvalue weighted by Gasteiger charge is 2.20. The Morgan fingerprint density at radius 1 is 1.70 bits per heavy atom. The van der Waals surface area contributed by atoms with Crippen molar-refractivity contribution in [1.82, 2.24) is 4.98 Å². The van der Waals surface area contributed by atoms with Crippen molar-refractivity contribution in [3.63, 3.8) is 0 Å². The third kappa shape index (κ3) is 0.814. The zero-order chi connectivity index (χ0) is 6.97. The van der Waals surface area contributed by atoms with Gasteiger partial charge >= 0.3 is 5.16 Å². The maximum Gasteiger partial charge on any atom is 0.359 e. The summed E-state index contributed by atoms with van der Waals surface area (Å²) >= 11 is 1.83. The number of fused-ring (bicyclic) bond motifs is 1. The Hall–Kier alpha value is -0.570. The summed E-state index contributed by atoms with van der Waals surface area (Å²) in [5.41, 5.74) is 1.31. The fourth-order valence-corrected chi connectivity index (χ4v) is 2.12. The van der Waals surface area contributed by atoms with Crippen LogP contribution in [0.5, 0.6) is 0 Å². The Bertz CT molecular complexity index is 260. The molecule has 0 spiro atoms. The molecule has 0 aromatic carbocycles. The van der Waals surface area contributed by atoms with Crippen LogP contribution in [0.15, 0.2) is 17.4 Å². The number of aromatic nitrogens is 2. The van der Waals surface area contributed by atoms with Crippen molar-refractivity contribution in [3.8, 4) is 0 Å². The molecule has 0 aliphatic carbocycles. The van der Waals surface area contributed by atoms with Crippen LogP contribution < -0.4 is 4.57 Å². The molecule has 0 atom stereocenters. The number of hydrogen-bond acceptors (Lipinski definition) is 2. The van der Waals surface area contributed by atoms with E-state index in [1.54, 1.807) is 0 Å². The summed E-state index contributed by atoms with van der Waals surface area (Å²) in [4.78, 5) is 4.25. The van der Waals surface area contributed by atoms with Crippen LogP contribution >= 0.6 is 11.8 Å². The summed E-state index contributed by atoms with van der Waals surface area (Å²) in [6, 6.07) is 2.05. The molecular weight excluding hydrogens is 144 g/mol. The van der Waals surface area contributed by atoms with Gasteiger partial charge in [0.1, 0.15) is 18.4 Å². The lowest BCUT2D eigenvalue weighted by molar-refractivity contribution is -0.733. The number of aryl methyl sites for hydroxylation is 1. The molecule has 0 fully saturated rings. The molecule has 1 aliphatic heterocycles. The number of hydrogen-bond donors (Lipinski definition) is 0. The van der Waals surface area contributed by atoms with Crippen LogP contribution in [0.25, 0.3) is 0 Å². The molecule has 0 bridgehead atoms. The van der Waals surface area contributed by atoms with Gasteiger partial charge in [-0.05, 0) is 23.7 Å². The molecular formula is C7H9N2S+. The van der Waals surface area contributed by atoms with Crippen LogP contribution in [0.2, 0.25) is 0 Å². The molecule has 1 aromatic rings. The van der Waals surface area contributed by atoms with Gasteiger partial charge in [-0.2, -0.15) is 0 Å². The van der Waals surface area contributed by atoms with E-state index in [1.165, 1.54) is 16.6 Å². The summed E-state index contributed by atoms with van der Waals surface area (Å²) in [6.45, 7) is 3.25. The first-order valence-electron chi connectivity index (χ1n) is 3.36. The highest BCUT2D eigenvalue weighted by atomic mass is 32.2.